The molecule has 1 aromatic heterocycles. The van der Waals surface area contributed by atoms with Crippen LogP contribution in [0.1, 0.15) is 6.92 Å². The number of nitrogens with one attached hydrogen (secondary N) is 2. The van der Waals surface area contributed by atoms with E-state index in [-0.39, 0.29) is 10.7 Å². The van der Waals surface area contributed by atoms with E-state index in [1.54, 1.807) is 12.1 Å². The van der Waals surface area contributed by atoms with Crippen LogP contribution in [0.25, 0.3) is 0 Å². The van der Waals surface area contributed by atoms with Crippen molar-refractivity contribution in [2.75, 3.05) is 16.6 Å². The van der Waals surface area contributed by atoms with E-state index in [2.05, 4.69) is 15.0 Å². The van der Waals surface area contributed by atoms with Crippen LogP contribution >= 0.6 is 0 Å². The molecule has 0 aliphatic heterocycles. The first-order valence-corrected chi connectivity index (χ1v) is 7.48. The number of rotatable bonds is 5. The third-order valence-corrected chi connectivity index (χ3v) is 3.83. The van der Waals surface area contributed by atoms with Gasteiger partial charge in [0.1, 0.15) is 5.82 Å². The van der Waals surface area contributed by atoms with E-state index in [0.29, 0.717) is 12.2 Å². The van der Waals surface area contributed by atoms with Crippen molar-refractivity contribution >= 4 is 21.4 Å². The summed E-state index contributed by atoms with van der Waals surface area (Å²) in [6, 6.07) is 8.35. The molecular weight excluding hydrogens is 281 g/mol. The van der Waals surface area contributed by atoms with Gasteiger partial charge in [-0.05, 0) is 43.3 Å². The number of sulfonamides is 1. The quantitative estimate of drug-likeness (QED) is 0.889. The van der Waals surface area contributed by atoms with Gasteiger partial charge < -0.3 is 5.32 Å². The van der Waals surface area contributed by atoms with Gasteiger partial charge in [-0.1, -0.05) is 0 Å². The van der Waals surface area contributed by atoms with Crippen LogP contribution in [0.2, 0.25) is 0 Å². The molecule has 106 valence electrons. The molecule has 0 saturated heterocycles. The summed E-state index contributed by atoms with van der Waals surface area (Å²) in [6.45, 7) is 2.43. The van der Waals surface area contributed by atoms with E-state index in [1.165, 1.54) is 30.5 Å². The minimum atomic E-state index is -3.83. The maximum atomic E-state index is 12.8. The molecule has 0 unspecified atom stereocenters. The Balaban J connectivity index is 2.33. The Bertz CT molecular complexity index is 687. The summed E-state index contributed by atoms with van der Waals surface area (Å²) in [5.74, 6) is -0.431. The molecule has 0 fully saturated rings. The van der Waals surface area contributed by atoms with E-state index < -0.39 is 15.8 Å². The third-order valence-electron chi connectivity index (χ3n) is 2.49. The molecule has 0 atom stereocenters. The molecule has 2 N–H and O–H groups in total. The van der Waals surface area contributed by atoms with Crippen molar-refractivity contribution < 1.29 is 12.8 Å². The van der Waals surface area contributed by atoms with Crippen LogP contribution in [-0.4, -0.2) is 19.9 Å². The Hall–Kier alpha value is -2.15. The monoisotopic (exact) mass is 295 g/mol. The average molecular weight is 295 g/mol. The highest BCUT2D eigenvalue weighted by Crippen LogP contribution is 2.21. The van der Waals surface area contributed by atoms with E-state index in [1.807, 2.05) is 6.92 Å². The molecule has 1 aromatic carbocycles. The molecule has 0 saturated carbocycles. The second-order valence-electron chi connectivity index (χ2n) is 4.00. The van der Waals surface area contributed by atoms with Crippen LogP contribution in [0, 0.1) is 5.82 Å². The predicted molar refractivity (Wildman–Crippen MR) is 75.6 cm³/mol. The molecule has 5 nitrogen and oxygen atoms in total. The number of pyridine rings is 1. The van der Waals surface area contributed by atoms with Crippen molar-refractivity contribution in [2.24, 2.45) is 0 Å². The van der Waals surface area contributed by atoms with Gasteiger partial charge >= 0.3 is 0 Å². The Labute approximate surface area is 116 Å². The number of halogens is 1. The molecule has 0 bridgehead atoms. The first kappa shape index (κ1) is 14.3. The second-order valence-corrected chi connectivity index (χ2v) is 5.60. The van der Waals surface area contributed by atoms with Gasteiger partial charge in [-0.25, -0.2) is 9.37 Å². The highest BCUT2D eigenvalue weighted by molar-refractivity contribution is 7.92. The number of nitrogens with zero attached hydrogens (tertiary/aromatic N) is 1. The SMILES string of the molecule is CCNc1cccnc1S(=O)(=O)Nc1ccc(F)cc1. The smallest absolute Gasteiger partial charge is 0.281 e. The van der Waals surface area contributed by atoms with Crippen molar-refractivity contribution in [3.8, 4) is 0 Å². The first-order valence-electron chi connectivity index (χ1n) is 6.00. The van der Waals surface area contributed by atoms with Crippen LogP contribution in [0.15, 0.2) is 47.6 Å². The van der Waals surface area contributed by atoms with Crippen molar-refractivity contribution in [3.05, 3.63) is 48.4 Å². The summed E-state index contributed by atoms with van der Waals surface area (Å²) in [5, 5.41) is 2.84. The molecule has 0 radical (unpaired) electrons. The van der Waals surface area contributed by atoms with Gasteiger partial charge in [-0.15, -0.1) is 0 Å². The second kappa shape index (κ2) is 5.87. The number of aromatic nitrogens is 1. The lowest BCUT2D eigenvalue weighted by atomic mass is 10.3. The molecule has 2 aromatic rings. The van der Waals surface area contributed by atoms with Crippen molar-refractivity contribution in [2.45, 2.75) is 11.9 Å². The Morgan fingerprint density at radius 3 is 2.55 bits per heavy atom. The molecule has 7 heteroatoms. The van der Waals surface area contributed by atoms with Gasteiger partial charge in [0.2, 0.25) is 0 Å². The van der Waals surface area contributed by atoms with Gasteiger partial charge in [-0.2, -0.15) is 8.42 Å². The van der Waals surface area contributed by atoms with Gasteiger partial charge in [-0.3, -0.25) is 4.72 Å². The number of benzene rings is 1. The fourth-order valence-electron chi connectivity index (χ4n) is 1.65. The normalized spacial score (nSPS) is 11.1. The van der Waals surface area contributed by atoms with Crippen molar-refractivity contribution in [1.29, 1.82) is 0 Å². The minimum absolute atomic E-state index is 0.0915. The Kier molecular flexibility index (Phi) is 4.19. The highest BCUT2D eigenvalue weighted by Gasteiger charge is 2.19. The summed E-state index contributed by atoms with van der Waals surface area (Å²) < 4.78 is 39.7. The fraction of sp³-hybridized carbons (Fsp3) is 0.154. The van der Waals surface area contributed by atoms with Crippen LogP contribution in [0.3, 0.4) is 0 Å². The van der Waals surface area contributed by atoms with Crippen LogP contribution < -0.4 is 10.0 Å². The number of hydrogen-bond acceptors (Lipinski definition) is 4. The van der Waals surface area contributed by atoms with Crippen LogP contribution in [0.4, 0.5) is 15.8 Å². The maximum absolute atomic E-state index is 12.8. The number of anilines is 2. The fourth-order valence-corrected chi connectivity index (χ4v) is 2.82. The molecule has 1 heterocycles. The Morgan fingerprint density at radius 1 is 1.20 bits per heavy atom. The lowest BCUT2D eigenvalue weighted by molar-refractivity contribution is 0.597. The zero-order valence-corrected chi connectivity index (χ0v) is 11.6. The van der Waals surface area contributed by atoms with E-state index >= 15 is 0 Å². The minimum Gasteiger partial charge on any atom is -0.383 e. The summed E-state index contributed by atoms with van der Waals surface area (Å²) in [7, 11) is -3.83. The molecule has 20 heavy (non-hydrogen) atoms. The topological polar surface area (TPSA) is 71.1 Å². The van der Waals surface area contributed by atoms with Crippen molar-refractivity contribution in [1.82, 2.24) is 4.98 Å². The van der Waals surface area contributed by atoms with E-state index in [9.17, 15) is 12.8 Å². The van der Waals surface area contributed by atoms with Crippen LogP contribution in [-0.2, 0) is 10.0 Å². The third kappa shape index (κ3) is 3.24. The molecule has 2 rings (SSSR count). The van der Waals surface area contributed by atoms with Crippen molar-refractivity contribution in [3.63, 3.8) is 0 Å². The van der Waals surface area contributed by atoms with Gasteiger partial charge in [0.15, 0.2) is 5.03 Å². The zero-order chi connectivity index (χ0) is 14.6. The molecular formula is C13H14FN3O2S. The molecule has 0 aliphatic carbocycles. The lowest BCUT2D eigenvalue weighted by Crippen LogP contribution is -2.17. The lowest BCUT2D eigenvalue weighted by Gasteiger charge is -2.11. The first-order chi connectivity index (χ1) is 9.53. The van der Waals surface area contributed by atoms with Crippen LogP contribution in [0.5, 0.6) is 0 Å². The molecule has 0 aliphatic rings. The number of hydrogen-bond donors (Lipinski definition) is 2. The summed E-state index contributed by atoms with van der Waals surface area (Å²) in [5.41, 5.74) is 0.698. The standard InChI is InChI=1S/C13H14FN3O2S/c1-2-15-12-4-3-9-16-13(12)20(18,19)17-11-7-5-10(14)6-8-11/h3-9,15,17H,2H2,1H3. The summed E-state index contributed by atoms with van der Waals surface area (Å²) in [4.78, 5) is 3.90. The van der Waals surface area contributed by atoms with E-state index in [0.717, 1.165) is 0 Å². The van der Waals surface area contributed by atoms with Gasteiger partial charge in [0.05, 0.1) is 5.69 Å². The molecule has 0 spiro atoms. The molecule has 0 amide bonds. The van der Waals surface area contributed by atoms with Gasteiger partial charge in [0, 0.05) is 18.4 Å². The van der Waals surface area contributed by atoms with Gasteiger partial charge in [0.25, 0.3) is 10.0 Å². The predicted octanol–water partition coefficient (Wildman–Crippen LogP) is 2.45. The summed E-state index contributed by atoms with van der Waals surface area (Å²) in [6.07, 6.45) is 1.40. The largest absolute Gasteiger partial charge is 0.383 e. The summed E-state index contributed by atoms with van der Waals surface area (Å²) >= 11 is 0. The Morgan fingerprint density at radius 2 is 1.90 bits per heavy atom. The zero-order valence-electron chi connectivity index (χ0n) is 10.8. The average Bonchev–Trinajstić information content (AvgIpc) is 2.42. The maximum Gasteiger partial charge on any atom is 0.281 e. The van der Waals surface area contributed by atoms with E-state index in [4.69, 9.17) is 0 Å². The highest BCUT2D eigenvalue weighted by atomic mass is 32.2.